The Labute approximate surface area is 99.4 Å². The largest absolute Gasteiger partial charge is 0.461 e. The molecule has 1 aromatic rings. The van der Waals surface area contributed by atoms with Crippen LogP contribution >= 0.6 is 0 Å². The molecule has 0 amide bonds. The Morgan fingerprint density at radius 3 is 2.88 bits per heavy atom. The number of rotatable bonds is 3. The third-order valence-electron chi connectivity index (χ3n) is 2.40. The molecule has 1 aliphatic heterocycles. The topological polar surface area (TPSA) is 56.3 Å². The minimum atomic E-state index is -0.478. The zero-order valence-electron chi connectivity index (χ0n) is 9.94. The van der Waals surface area contributed by atoms with Gasteiger partial charge in [0.2, 0.25) is 0 Å². The van der Waals surface area contributed by atoms with Crippen molar-refractivity contribution >= 4 is 0 Å². The maximum Gasteiger partial charge on any atom is 0.316 e. The first-order valence-electron chi connectivity index (χ1n) is 5.54. The van der Waals surface area contributed by atoms with Crippen molar-refractivity contribution in [3.8, 4) is 6.01 Å². The van der Waals surface area contributed by atoms with Gasteiger partial charge in [-0.2, -0.15) is 0 Å². The summed E-state index contributed by atoms with van der Waals surface area (Å²) in [5.74, 6) is -0.478. The molecule has 0 radical (unpaired) electrons. The van der Waals surface area contributed by atoms with Crippen molar-refractivity contribution in [2.75, 3.05) is 19.7 Å². The molecule has 17 heavy (non-hydrogen) atoms. The van der Waals surface area contributed by atoms with Gasteiger partial charge in [0.15, 0.2) is 5.82 Å². The van der Waals surface area contributed by atoms with E-state index in [0.717, 1.165) is 25.5 Å². The fourth-order valence-corrected chi connectivity index (χ4v) is 1.70. The molecule has 0 bridgehead atoms. The van der Waals surface area contributed by atoms with Crippen molar-refractivity contribution in [1.29, 1.82) is 0 Å². The number of nitrogens with one attached hydrogen (secondary N) is 1. The van der Waals surface area contributed by atoms with Crippen LogP contribution in [0, 0.1) is 5.82 Å². The second-order valence-corrected chi connectivity index (χ2v) is 4.63. The summed E-state index contributed by atoms with van der Waals surface area (Å²) in [4.78, 5) is 7.43. The lowest BCUT2D eigenvalue weighted by molar-refractivity contribution is -0.107. The lowest BCUT2D eigenvalue weighted by Crippen LogP contribution is -2.52. The van der Waals surface area contributed by atoms with Gasteiger partial charge >= 0.3 is 6.01 Å². The highest BCUT2D eigenvalue weighted by Crippen LogP contribution is 2.15. The van der Waals surface area contributed by atoms with Gasteiger partial charge in [-0.25, -0.2) is 14.4 Å². The Balaban J connectivity index is 1.84. The molecular weight excluding hydrogens is 225 g/mol. The molecule has 2 heterocycles. The monoisotopic (exact) mass is 241 g/mol. The van der Waals surface area contributed by atoms with E-state index in [9.17, 15) is 4.39 Å². The van der Waals surface area contributed by atoms with E-state index in [1.54, 1.807) is 0 Å². The Bertz CT molecular complexity index is 369. The number of ether oxygens (including phenoxy) is 2. The molecule has 0 aliphatic carbocycles. The number of hydrogen-bond acceptors (Lipinski definition) is 5. The first-order chi connectivity index (χ1) is 8.05. The van der Waals surface area contributed by atoms with Crippen molar-refractivity contribution in [2.24, 2.45) is 0 Å². The molecule has 0 saturated carbocycles. The molecule has 6 heteroatoms. The fourth-order valence-electron chi connectivity index (χ4n) is 1.70. The maximum absolute atomic E-state index is 12.6. The van der Waals surface area contributed by atoms with Crippen LogP contribution in [0.3, 0.4) is 0 Å². The van der Waals surface area contributed by atoms with E-state index in [1.807, 2.05) is 13.8 Å². The second-order valence-electron chi connectivity index (χ2n) is 4.63. The van der Waals surface area contributed by atoms with Gasteiger partial charge in [0.25, 0.3) is 0 Å². The number of aromatic nitrogens is 2. The minimum absolute atomic E-state index is 0.0487. The van der Waals surface area contributed by atoms with Gasteiger partial charge in [-0.05, 0) is 13.8 Å². The quantitative estimate of drug-likeness (QED) is 0.846. The van der Waals surface area contributed by atoms with E-state index in [2.05, 4.69) is 15.3 Å². The molecule has 1 fully saturated rings. The van der Waals surface area contributed by atoms with Gasteiger partial charge in [0.1, 0.15) is 12.7 Å². The highest BCUT2D eigenvalue weighted by atomic mass is 19.1. The lowest BCUT2D eigenvalue weighted by atomic mass is 10.1. The molecule has 1 unspecified atom stereocenters. The fraction of sp³-hybridized carbons (Fsp3) is 0.636. The Morgan fingerprint density at radius 1 is 1.53 bits per heavy atom. The van der Waals surface area contributed by atoms with Gasteiger partial charge in [-0.1, -0.05) is 0 Å². The van der Waals surface area contributed by atoms with Gasteiger partial charge in [-0.15, -0.1) is 0 Å². The first-order valence-corrected chi connectivity index (χ1v) is 5.54. The molecule has 1 saturated heterocycles. The lowest BCUT2D eigenvalue weighted by Gasteiger charge is -2.36. The summed E-state index contributed by atoms with van der Waals surface area (Å²) >= 11 is 0. The molecule has 0 spiro atoms. The highest BCUT2D eigenvalue weighted by Gasteiger charge is 2.28. The van der Waals surface area contributed by atoms with Crippen LogP contribution in [0.5, 0.6) is 6.01 Å². The SMILES string of the molecule is CC1(C)CNCC(COc2ncc(F)cn2)O1. The van der Waals surface area contributed by atoms with Crippen LogP contribution in [0.25, 0.3) is 0 Å². The molecule has 2 rings (SSSR count). The van der Waals surface area contributed by atoms with Gasteiger partial charge in [-0.3, -0.25) is 0 Å². The van der Waals surface area contributed by atoms with Crippen LogP contribution in [0.2, 0.25) is 0 Å². The summed E-state index contributed by atoms with van der Waals surface area (Å²) in [6.45, 7) is 5.92. The van der Waals surface area contributed by atoms with E-state index in [1.165, 1.54) is 0 Å². The summed E-state index contributed by atoms with van der Waals surface area (Å²) in [5.41, 5.74) is -0.198. The van der Waals surface area contributed by atoms with Crippen molar-refractivity contribution in [2.45, 2.75) is 25.6 Å². The van der Waals surface area contributed by atoms with Gasteiger partial charge in [0, 0.05) is 13.1 Å². The molecule has 0 aromatic carbocycles. The van der Waals surface area contributed by atoms with Crippen LogP contribution in [0.4, 0.5) is 4.39 Å². The highest BCUT2D eigenvalue weighted by molar-refractivity contribution is 4.96. The number of hydrogen-bond donors (Lipinski definition) is 1. The average Bonchev–Trinajstić information content (AvgIpc) is 2.27. The standard InChI is InChI=1S/C11H16FN3O2/c1-11(2)7-13-5-9(17-11)6-16-10-14-3-8(12)4-15-10/h3-4,9,13H,5-7H2,1-2H3. The summed E-state index contributed by atoms with van der Waals surface area (Å²) < 4.78 is 23.7. The zero-order chi connectivity index (χ0) is 12.3. The van der Waals surface area contributed by atoms with Crippen LogP contribution in [0.15, 0.2) is 12.4 Å². The second kappa shape index (κ2) is 4.93. The van der Waals surface area contributed by atoms with E-state index < -0.39 is 5.82 Å². The smallest absolute Gasteiger partial charge is 0.316 e. The predicted molar refractivity (Wildman–Crippen MR) is 59.3 cm³/mol. The molecular formula is C11H16FN3O2. The summed E-state index contributed by atoms with van der Waals surface area (Å²) in [6, 6.07) is 0.165. The molecule has 1 aromatic heterocycles. The minimum Gasteiger partial charge on any atom is -0.461 e. The molecule has 1 atom stereocenters. The summed E-state index contributed by atoms with van der Waals surface area (Å²) in [6.07, 6.45) is 2.10. The third kappa shape index (κ3) is 3.61. The van der Waals surface area contributed by atoms with Crippen molar-refractivity contribution in [3.63, 3.8) is 0 Å². The molecule has 1 N–H and O–H groups in total. The summed E-state index contributed by atoms with van der Waals surface area (Å²) in [7, 11) is 0. The van der Waals surface area contributed by atoms with Crippen LogP contribution in [-0.2, 0) is 4.74 Å². The molecule has 94 valence electrons. The van der Waals surface area contributed by atoms with Crippen LogP contribution in [0.1, 0.15) is 13.8 Å². The van der Waals surface area contributed by atoms with E-state index in [-0.39, 0.29) is 17.7 Å². The van der Waals surface area contributed by atoms with E-state index in [4.69, 9.17) is 9.47 Å². The van der Waals surface area contributed by atoms with Gasteiger partial charge < -0.3 is 14.8 Å². The number of nitrogens with zero attached hydrogens (tertiary/aromatic N) is 2. The van der Waals surface area contributed by atoms with Crippen molar-refractivity contribution < 1.29 is 13.9 Å². The average molecular weight is 241 g/mol. The number of morpholine rings is 1. The Morgan fingerprint density at radius 2 is 2.24 bits per heavy atom. The normalized spacial score (nSPS) is 23.4. The molecule has 1 aliphatic rings. The van der Waals surface area contributed by atoms with Gasteiger partial charge in [0.05, 0.1) is 18.0 Å². The maximum atomic E-state index is 12.6. The zero-order valence-corrected chi connectivity index (χ0v) is 9.94. The first kappa shape index (κ1) is 12.2. The summed E-state index contributed by atoms with van der Waals surface area (Å²) in [5, 5.41) is 3.26. The Kier molecular flexibility index (Phi) is 3.54. The predicted octanol–water partition coefficient (Wildman–Crippen LogP) is 0.762. The third-order valence-corrected chi connectivity index (χ3v) is 2.40. The molecule has 5 nitrogen and oxygen atoms in total. The van der Waals surface area contributed by atoms with Crippen LogP contribution in [-0.4, -0.2) is 41.4 Å². The Hall–Kier alpha value is -1.27. The van der Waals surface area contributed by atoms with Crippen molar-refractivity contribution in [3.05, 3.63) is 18.2 Å². The number of halogens is 1. The van der Waals surface area contributed by atoms with Crippen LogP contribution < -0.4 is 10.1 Å². The van der Waals surface area contributed by atoms with Crippen molar-refractivity contribution in [1.82, 2.24) is 15.3 Å². The van der Waals surface area contributed by atoms with E-state index >= 15 is 0 Å². The van der Waals surface area contributed by atoms with E-state index in [0.29, 0.717) is 6.61 Å².